The highest BCUT2D eigenvalue weighted by Crippen LogP contribution is 2.31. The number of carbonyl (C=O) groups is 2. The molecule has 3 rings (SSSR count). The highest BCUT2D eigenvalue weighted by molar-refractivity contribution is 6.00. The Kier molecular flexibility index (Phi) is 5.81. The number of carbonyl (C=O) groups excluding carboxylic acids is 2. The van der Waals surface area contributed by atoms with Crippen LogP contribution in [0.5, 0.6) is 5.75 Å². The highest BCUT2D eigenvalue weighted by atomic mass is 19.4. The molecule has 1 saturated heterocycles. The molecule has 0 radical (unpaired) electrons. The van der Waals surface area contributed by atoms with Crippen LogP contribution in [-0.2, 0) is 22.3 Å². The van der Waals surface area contributed by atoms with E-state index in [0.29, 0.717) is 17.0 Å². The molecular formula is C21H21F3N2O3. The van der Waals surface area contributed by atoms with E-state index in [1.807, 2.05) is 0 Å². The first kappa shape index (κ1) is 20.7. The van der Waals surface area contributed by atoms with Gasteiger partial charge in [0.25, 0.3) is 0 Å². The molecule has 1 aliphatic rings. The summed E-state index contributed by atoms with van der Waals surface area (Å²) in [5.41, 5.74) is 0.269. The highest BCUT2D eigenvalue weighted by Gasteiger charge is 2.37. The minimum Gasteiger partial charge on any atom is -0.497 e. The minimum atomic E-state index is -4.44. The first-order valence-electron chi connectivity index (χ1n) is 9.04. The van der Waals surface area contributed by atoms with Gasteiger partial charge < -0.3 is 14.5 Å². The predicted octanol–water partition coefficient (Wildman–Crippen LogP) is 3.73. The summed E-state index contributed by atoms with van der Waals surface area (Å²) in [6.45, 7) is 0.254. The average molecular weight is 406 g/mol. The first-order valence-corrected chi connectivity index (χ1v) is 9.04. The van der Waals surface area contributed by atoms with Crippen molar-refractivity contribution in [3.8, 4) is 5.75 Å². The second kappa shape index (κ2) is 8.14. The molecule has 29 heavy (non-hydrogen) atoms. The van der Waals surface area contributed by atoms with Crippen LogP contribution in [0.25, 0.3) is 0 Å². The molecule has 154 valence electrons. The van der Waals surface area contributed by atoms with Crippen molar-refractivity contribution < 1.29 is 27.5 Å². The molecule has 0 N–H and O–H groups in total. The van der Waals surface area contributed by atoms with E-state index in [0.717, 1.165) is 12.1 Å². The molecule has 1 unspecified atom stereocenters. The Morgan fingerprint density at radius 3 is 2.62 bits per heavy atom. The summed E-state index contributed by atoms with van der Waals surface area (Å²) in [4.78, 5) is 28.1. The van der Waals surface area contributed by atoms with Crippen molar-refractivity contribution in [1.82, 2.24) is 4.90 Å². The van der Waals surface area contributed by atoms with Gasteiger partial charge in [-0.3, -0.25) is 9.59 Å². The number of hydrogen-bond donors (Lipinski definition) is 0. The number of alkyl halides is 3. The van der Waals surface area contributed by atoms with Crippen LogP contribution in [-0.4, -0.2) is 37.4 Å². The fraction of sp³-hybridized carbons (Fsp3) is 0.333. The molecule has 0 spiro atoms. The Balaban J connectivity index is 1.68. The Morgan fingerprint density at radius 2 is 1.93 bits per heavy atom. The number of halogens is 3. The third-order valence-electron chi connectivity index (χ3n) is 4.89. The van der Waals surface area contributed by atoms with Crippen molar-refractivity contribution in [2.45, 2.75) is 19.1 Å². The number of methoxy groups -OCH3 is 1. The number of benzene rings is 2. The van der Waals surface area contributed by atoms with Crippen LogP contribution in [0.4, 0.5) is 18.9 Å². The van der Waals surface area contributed by atoms with Crippen molar-refractivity contribution in [3.63, 3.8) is 0 Å². The lowest BCUT2D eigenvalue weighted by molar-refractivity contribution is -0.137. The van der Waals surface area contributed by atoms with Gasteiger partial charge >= 0.3 is 6.18 Å². The van der Waals surface area contributed by atoms with Gasteiger partial charge in [0, 0.05) is 38.3 Å². The van der Waals surface area contributed by atoms with E-state index in [2.05, 4.69) is 0 Å². The molecule has 0 saturated carbocycles. The van der Waals surface area contributed by atoms with E-state index >= 15 is 0 Å². The van der Waals surface area contributed by atoms with Crippen molar-refractivity contribution >= 4 is 17.5 Å². The molecule has 5 nitrogen and oxygen atoms in total. The quantitative estimate of drug-likeness (QED) is 0.761. The Morgan fingerprint density at radius 1 is 1.21 bits per heavy atom. The molecule has 2 aromatic carbocycles. The van der Waals surface area contributed by atoms with Crippen molar-refractivity contribution in [2.75, 3.05) is 25.6 Å². The summed E-state index contributed by atoms with van der Waals surface area (Å²) in [5.74, 6) is -0.401. The molecule has 8 heteroatoms. The van der Waals surface area contributed by atoms with Crippen LogP contribution in [0.15, 0.2) is 48.5 Å². The standard InChI is InChI=1S/C21H21F3N2O3/c1-25(12-14-5-3-6-16(9-14)21(22,23)24)20(28)15-10-19(27)26(13-15)17-7-4-8-18(11-17)29-2/h3-9,11,15H,10,12-13H2,1-2H3. The Hall–Kier alpha value is -3.03. The maximum absolute atomic E-state index is 12.9. The van der Waals surface area contributed by atoms with Crippen molar-refractivity contribution in [2.24, 2.45) is 5.92 Å². The summed E-state index contributed by atoms with van der Waals surface area (Å²) < 4.78 is 43.8. The molecule has 0 aliphatic carbocycles. The fourth-order valence-corrected chi connectivity index (χ4v) is 3.41. The topological polar surface area (TPSA) is 49.9 Å². The van der Waals surface area contributed by atoms with Gasteiger partial charge in [0.1, 0.15) is 5.75 Å². The van der Waals surface area contributed by atoms with Crippen LogP contribution < -0.4 is 9.64 Å². The lowest BCUT2D eigenvalue weighted by atomic mass is 10.1. The van der Waals surface area contributed by atoms with Crippen molar-refractivity contribution in [1.29, 1.82) is 0 Å². The molecule has 2 amide bonds. The van der Waals surface area contributed by atoms with Gasteiger partial charge in [-0.1, -0.05) is 18.2 Å². The van der Waals surface area contributed by atoms with E-state index in [1.165, 1.54) is 30.0 Å². The zero-order valence-corrected chi connectivity index (χ0v) is 16.1. The molecule has 0 bridgehead atoms. The summed E-state index contributed by atoms with van der Waals surface area (Å²) >= 11 is 0. The third kappa shape index (κ3) is 4.70. The van der Waals surface area contributed by atoms with Gasteiger partial charge in [0.15, 0.2) is 0 Å². The lowest BCUT2D eigenvalue weighted by Gasteiger charge is -2.22. The van der Waals surface area contributed by atoms with Gasteiger partial charge in [-0.2, -0.15) is 13.2 Å². The molecular weight excluding hydrogens is 385 g/mol. The monoisotopic (exact) mass is 406 g/mol. The predicted molar refractivity (Wildman–Crippen MR) is 101 cm³/mol. The van der Waals surface area contributed by atoms with E-state index in [9.17, 15) is 22.8 Å². The summed E-state index contributed by atoms with van der Waals surface area (Å²) in [6.07, 6.45) is -4.38. The summed E-state index contributed by atoms with van der Waals surface area (Å²) in [7, 11) is 3.06. The number of ether oxygens (including phenoxy) is 1. The van der Waals surface area contributed by atoms with Crippen LogP contribution in [0.1, 0.15) is 17.5 Å². The van der Waals surface area contributed by atoms with E-state index in [-0.39, 0.29) is 31.3 Å². The van der Waals surface area contributed by atoms with E-state index in [4.69, 9.17) is 4.74 Å². The Bertz CT molecular complexity index is 914. The van der Waals surface area contributed by atoms with Crippen LogP contribution in [0.2, 0.25) is 0 Å². The summed E-state index contributed by atoms with van der Waals surface area (Å²) in [5, 5.41) is 0. The number of nitrogens with zero attached hydrogens (tertiary/aromatic N) is 2. The maximum Gasteiger partial charge on any atom is 0.416 e. The lowest BCUT2D eigenvalue weighted by Crippen LogP contribution is -2.34. The number of amides is 2. The van der Waals surface area contributed by atoms with Crippen LogP contribution in [0.3, 0.4) is 0 Å². The second-order valence-electron chi connectivity index (χ2n) is 7.00. The number of anilines is 1. The van der Waals surface area contributed by atoms with Gasteiger partial charge in [0.05, 0.1) is 18.6 Å². The molecule has 2 aromatic rings. The smallest absolute Gasteiger partial charge is 0.416 e. The van der Waals surface area contributed by atoms with Gasteiger partial charge in [-0.25, -0.2) is 0 Å². The fourth-order valence-electron chi connectivity index (χ4n) is 3.41. The average Bonchev–Trinajstić information content (AvgIpc) is 3.08. The molecule has 1 aliphatic heterocycles. The normalized spacial score (nSPS) is 16.8. The van der Waals surface area contributed by atoms with Gasteiger partial charge in [0.2, 0.25) is 11.8 Å². The zero-order valence-electron chi connectivity index (χ0n) is 16.1. The van der Waals surface area contributed by atoms with Crippen LogP contribution >= 0.6 is 0 Å². The maximum atomic E-state index is 12.9. The molecule has 0 aromatic heterocycles. The third-order valence-corrected chi connectivity index (χ3v) is 4.89. The van der Waals surface area contributed by atoms with E-state index in [1.54, 1.807) is 30.3 Å². The SMILES string of the molecule is COc1cccc(N2CC(C(=O)N(C)Cc3cccc(C(F)(F)F)c3)CC2=O)c1. The largest absolute Gasteiger partial charge is 0.497 e. The Labute approximate surface area is 166 Å². The first-order chi connectivity index (χ1) is 13.7. The molecule has 1 heterocycles. The van der Waals surface area contributed by atoms with Gasteiger partial charge in [-0.05, 0) is 29.8 Å². The summed E-state index contributed by atoms with van der Waals surface area (Å²) in [6, 6.07) is 11.9. The second-order valence-corrected chi connectivity index (χ2v) is 7.00. The molecule has 1 atom stereocenters. The van der Waals surface area contributed by atoms with Crippen molar-refractivity contribution in [3.05, 3.63) is 59.7 Å². The van der Waals surface area contributed by atoms with Crippen LogP contribution in [0, 0.1) is 5.92 Å². The number of hydrogen-bond acceptors (Lipinski definition) is 3. The van der Waals surface area contributed by atoms with E-state index < -0.39 is 17.7 Å². The zero-order chi connectivity index (χ0) is 21.2. The molecule has 1 fully saturated rings. The number of rotatable bonds is 5. The van der Waals surface area contributed by atoms with Gasteiger partial charge in [-0.15, -0.1) is 0 Å². The minimum absolute atomic E-state index is 0.0343.